The predicted octanol–water partition coefficient (Wildman–Crippen LogP) is 1.77. The van der Waals surface area contributed by atoms with E-state index in [1.54, 1.807) is 13.2 Å². The Hall–Kier alpha value is -1.79. The van der Waals surface area contributed by atoms with Gasteiger partial charge in [0, 0.05) is 38.3 Å². The topological polar surface area (TPSA) is 62.2 Å². The number of β-amino-alcohol motifs (C(OH)–C–C–N with tert-alkyl or cyclic N) is 1. The van der Waals surface area contributed by atoms with Gasteiger partial charge in [-0.2, -0.15) is 0 Å². The summed E-state index contributed by atoms with van der Waals surface area (Å²) in [5.41, 5.74) is 0.631. The first-order valence-electron chi connectivity index (χ1n) is 9.18. The fourth-order valence-electron chi connectivity index (χ4n) is 3.58. The number of piperazine rings is 1. The van der Waals surface area contributed by atoms with Crippen LogP contribution in [0, 0.1) is 0 Å². The minimum atomic E-state index is 0.0226. The molecule has 1 heterocycles. The molecule has 0 unspecified atom stereocenters. The third-order valence-corrected chi connectivity index (χ3v) is 5.08. The molecule has 1 aromatic rings. The smallest absolute Gasteiger partial charge is 0.254 e. The lowest BCUT2D eigenvalue weighted by Crippen LogP contribution is -2.49. The third kappa shape index (κ3) is 4.44. The minimum absolute atomic E-state index is 0.0226. The second-order valence-corrected chi connectivity index (χ2v) is 6.75. The molecule has 1 saturated carbocycles. The number of ether oxygens (including phenoxy) is 2. The van der Waals surface area contributed by atoms with Crippen LogP contribution in [-0.2, 0) is 0 Å². The molecular formula is C19H28N2O4. The van der Waals surface area contributed by atoms with Crippen LogP contribution in [0.25, 0.3) is 0 Å². The molecular weight excluding hydrogens is 320 g/mol. The molecule has 25 heavy (non-hydrogen) atoms. The summed E-state index contributed by atoms with van der Waals surface area (Å²) in [7, 11) is 1.61. The highest BCUT2D eigenvalue weighted by Gasteiger charge is 2.24. The van der Waals surface area contributed by atoms with Gasteiger partial charge in [0.05, 0.1) is 19.8 Å². The molecule has 2 aliphatic rings. The van der Waals surface area contributed by atoms with Crippen molar-refractivity contribution < 1.29 is 19.4 Å². The number of aliphatic hydroxyl groups excluding tert-OH is 1. The Kier molecular flexibility index (Phi) is 6.15. The highest BCUT2D eigenvalue weighted by molar-refractivity contribution is 5.95. The average molecular weight is 348 g/mol. The quantitative estimate of drug-likeness (QED) is 0.849. The lowest BCUT2D eigenvalue weighted by molar-refractivity contribution is 0.0614. The lowest BCUT2D eigenvalue weighted by atomic mass is 10.1. The van der Waals surface area contributed by atoms with Crippen LogP contribution in [0.15, 0.2) is 18.2 Å². The average Bonchev–Trinajstić information content (AvgIpc) is 3.15. The summed E-state index contributed by atoms with van der Waals surface area (Å²) in [4.78, 5) is 16.8. The first-order valence-corrected chi connectivity index (χ1v) is 9.18. The van der Waals surface area contributed by atoms with Gasteiger partial charge in [-0.15, -0.1) is 0 Å². The zero-order valence-electron chi connectivity index (χ0n) is 14.9. The van der Waals surface area contributed by atoms with Crippen LogP contribution in [0.5, 0.6) is 11.5 Å². The zero-order chi connectivity index (χ0) is 17.6. The third-order valence-electron chi connectivity index (χ3n) is 5.08. The van der Waals surface area contributed by atoms with Gasteiger partial charge in [0.1, 0.15) is 0 Å². The van der Waals surface area contributed by atoms with Crippen LogP contribution in [0.4, 0.5) is 0 Å². The standard InChI is InChI=1S/C19H28N2O4/c1-24-18-14-15(6-7-17(18)25-16-4-2-3-5-16)19(23)21-10-8-20(9-11-21)12-13-22/h6-7,14,16,22H,2-5,8-13H2,1H3. The number of aliphatic hydroxyl groups is 1. The van der Waals surface area contributed by atoms with Crippen molar-refractivity contribution >= 4 is 5.91 Å². The molecule has 0 atom stereocenters. The van der Waals surface area contributed by atoms with E-state index >= 15 is 0 Å². The molecule has 3 rings (SSSR count). The maximum absolute atomic E-state index is 12.7. The summed E-state index contributed by atoms with van der Waals surface area (Å²) in [6.45, 7) is 3.79. The van der Waals surface area contributed by atoms with Crippen LogP contribution in [0.1, 0.15) is 36.0 Å². The van der Waals surface area contributed by atoms with Gasteiger partial charge < -0.3 is 19.5 Å². The molecule has 1 aliphatic carbocycles. The molecule has 2 fully saturated rings. The van der Waals surface area contributed by atoms with Crippen LogP contribution >= 0.6 is 0 Å². The Morgan fingerprint density at radius 2 is 1.88 bits per heavy atom. The molecule has 1 saturated heterocycles. The number of carbonyl (C=O) groups is 1. The van der Waals surface area contributed by atoms with E-state index in [1.165, 1.54) is 12.8 Å². The van der Waals surface area contributed by atoms with Gasteiger partial charge >= 0.3 is 0 Å². The first kappa shape index (κ1) is 18.0. The molecule has 0 bridgehead atoms. The van der Waals surface area contributed by atoms with Crippen molar-refractivity contribution in [2.24, 2.45) is 0 Å². The summed E-state index contributed by atoms with van der Waals surface area (Å²) in [6.07, 6.45) is 4.86. The molecule has 6 nitrogen and oxygen atoms in total. The van der Waals surface area contributed by atoms with Crippen molar-refractivity contribution in [1.82, 2.24) is 9.80 Å². The van der Waals surface area contributed by atoms with E-state index in [0.717, 1.165) is 31.7 Å². The second-order valence-electron chi connectivity index (χ2n) is 6.75. The monoisotopic (exact) mass is 348 g/mol. The van der Waals surface area contributed by atoms with Crippen LogP contribution in [0.3, 0.4) is 0 Å². The molecule has 6 heteroatoms. The Morgan fingerprint density at radius 1 is 1.16 bits per heavy atom. The summed E-state index contributed by atoms with van der Waals surface area (Å²) in [6, 6.07) is 5.47. The minimum Gasteiger partial charge on any atom is -0.493 e. The van der Waals surface area contributed by atoms with Crippen LogP contribution < -0.4 is 9.47 Å². The number of rotatable bonds is 6. The van der Waals surface area contributed by atoms with Gasteiger partial charge in [0.15, 0.2) is 11.5 Å². The largest absolute Gasteiger partial charge is 0.493 e. The number of hydrogen-bond donors (Lipinski definition) is 1. The van der Waals surface area contributed by atoms with Crippen molar-refractivity contribution in [2.75, 3.05) is 46.4 Å². The van der Waals surface area contributed by atoms with E-state index in [4.69, 9.17) is 14.6 Å². The van der Waals surface area contributed by atoms with Crippen molar-refractivity contribution in [3.63, 3.8) is 0 Å². The molecule has 0 aromatic heterocycles. The molecule has 1 aromatic carbocycles. The van der Waals surface area contributed by atoms with E-state index in [0.29, 0.717) is 30.9 Å². The Labute approximate surface area is 149 Å². The van der Waals surface area contributed by atoms with Crippen molar-refractivity contribution in [3.05, 3.63) is 23.8 Å². The molecule has 0 spiro atoms. The van der Waals surface area contributed by atoms with Gasteiger partial charge in [0.25, 0.3) is 5.91 Å². The molecule has 0 radical (unpaired) electrons. The van der Waals surface area contributed by atoms with Gasteiger partial charge in [-0.25, -0.2) is 0 Å². The first-order chi connectivity index (χ1) is 12.2. The van der Waals surface area contributed by atoms with Gasteiger partial charge in [-0.1, -0.05) is 0 Å². The van der Waals surface area contributed by atoms with Gasteiger partial charge in [0.2, 0.25) is 0 Å². The maximum Gasteiger partial charge on any atom is 0.254 e. The van der Waals surface area contributed by atoms with E-state index in [-0.39, 0.29) is 18.6 Å². The Balaban J connectivity index is 1.64. The normalized spacial score (nSPS) is 19.2. The lowest BCUT2D eigenvalue weighted by Gasteiger charge is -2.34. The van der Waals surface area contributed by atoms with Crippen molar-refractivity contribution in [2.45, 2.75) is 31.8 Å². The van der Waals surface area contributed by atoms with Gasteiger partial charge in [-0.05, 0) is 43.9 Å². The van der Waals surface area contributed by atoms with E-state index in [2.05, 4.69) is 4.90 Å². The number of carbonyl (C=O) groups excluding carboxylic acids is 1. The Bertz CT molecular complexity index is 579. The van der Waals surface area contributed by atoms with Crippen molar-refractivity contribution in [1.29, 1.82) is 0 Å². The number of benzene rings is 1. The molecule has 138 valence electrons. The SMILES string of the molecule is COc1cc(C(=O)N2CCN(CCO)CC2)ccc1OC1CCCC1. The Morgan fingerprint density at radius 3 is 2.52 bits per heavy atom. The zero-order valence-corrected chi connectivity index (χ0v) is 14.9. The van der Waals surface area contributed by atoms with E-state index in [9.17, 15) is 4.79 Å². The van der Waals surface area contributed by atoms with E-state index in [1.807, 2.05) is 17.0 Å². The number of nitrogens with zero attached hydrogens (tertiary/aromatic N) is 2. The van der Waals surface area contributed by atoms with Crippen molar-refractivity contribution in [3.8, 4) is 11.5 Å². The highest BCUT2D eigenvalue weighted by Crippen LogP contribution is 2.32. The summed E-state index contributed by atoms with van der Waals surface area (Å²) in [5.74, 6) is 1.37. The fourth-order valence-corrected chi connectivity index (χ4v) is 3.58. The molecule has 1 amide bonds. The molecule has 1 N–H and O–H groups in total. The summed E-state index contributed by atoms with van der Waals surface area (Å²) < 4.78 is 11.5. The fraction of sp³-hybridized carbons (Fsp3) is 0.632. The molecule has 1 aliphatic heterocycles. The predicted molar refractivity (Wildman–Crippen MR) is 95.3 cm³/mol. The summed E-state index contributed by atoms with van der Waals surface area (Å²) in [5, 5.41) is 9.01. The second kappa shape index (κ2) is 8.54. The number of amides is 1. The number of hydrogen-bond acceptors (Lipinski definition) is 5. The van der Waals surface area contributed by atoms with Crippen LogP contribution in [0.2, 0.25) is 0 Å². The van der Waals surface area contributed by atoms with Gasteiger partial charge in [-0.3, -0.25) is 9.69 Å². The highest BCUT2D eigenvalue weighted by atomic mass is 16.5. The van der Waals surface area contributed by atoms with E-state index < -0.39 is 0 Å². The maximum atomic E-state index is 12.7. The van der Waals surface area contributed by atoms with Crippen LogP contribution in [-0.4, -0.2) is 73.4 Å². The summed E-state index contributed by atoms with van der Waals surface area (Å²) >= 11 is 0. The number of methoxy groups -OCH3 is 1.